The van der Waals surface area contributed by atoms with Crippen LogP contribution in [0.1, 0.15) is 16.8 Å². The number of hydrogen-bond acceptors (Lipinski definition) is 5. The molecule has 0 radical (unpaired) electrons. The fourth-order valence-corrected chi connectivity index (χ4v) is 3.41. The lowest BCUT2D eigenvalue weighted by atomic mass is 10.0. The van der Waals surface area contributed by atoms with Crippen LogP contribution in [-0.2, 0) is 0 Å². The van der Waals surface area contributed by atoms with E-state index in [-0.39, 0.29) is 5.91 Å². The molecule has 1 saturated heterocycles. The third-order valence-corrected chi connectivity index (χ3v) is 4.49. The summed E-state index contributed by atoms with van der Waals surface area (Å²) in [6, 6.07) is 11.1. The maximum absolute atomic E-state index is 12.8. The molecule has 25 heavy (non-hydrogen) atoms. The van der Waals surface area contributed by atoms with E-state index < -0.39 is 5.60 Å². The minimum Gasteiger partial charge on any atom is -0.387 e. The van der Waals surface area contributed by atoms with E-state index in [4.69, 9.17) is 5.73 Å². The number of nitrogen functional groups attached to an aromatic ring is 1. The first-order valence-electron chi connectivity index (χ1n) is 8.35. The number of nitrogens with two attached hydrogens (primary N) is 1. The molecule has 1 aliphatic rings. The van der Waals surface area contributed by atoms with E-state index in [1.165, 1.54) is 0 Å². The summed E-state index contributed by atoms with van der Waals surface area (Å²) in [5.74, 6) is 0.368. The van der Waals surface area contributed by atoms with Crippen molar-refractivity contribution in [1.29, 1.82) is 0 Å². The van der Waals surface area contributed by atoms with Gasteiger partial charge in [-0.1, -0.05) is 12.1 Å². The van der Waals surface area contributed by atoms with Gasteiger partial charge in [0.2, 0.25) is 0 Å². The highest BCUT2D eigenvalue weighted by molar-refractivity contribution is 5.96. The maximum Gasteiger partial charge on any atom is 0.253 e. The number of rotatable bonds is 4. The molecule has 0 aliphatic carbocycles. The average Bonchev–Trinajstić information content (AvgIpc) is 2.95. The number of anilines is 1. The van der Waals surface area contributed by atoms with Crippen LogP contribution in [0.25, 0.3) is 11.1 Å². The molecule has 6 nitrogen and oxygen atoms in total. The molecule has 0 spiro atoms. The van der Waals surface area contributed by atoms with Crippen LogP contribution in [-0.4, -0.2) is 65.1 Å². The van der Waals surface area contributed by atoms with Crippen molar-refractivity contribution in [2.45, 2.75) is 12.0 Å². The van der Waals surface area contributed by atoms with E-state index in [1.54, 1.807) is 17.2 Å². The molecule has 1 amide bonds. The number of carbonyl (C=O) groups excluding carboxylic acids is 1. The van der Waals surface area contributed by atoms with Crippen LogP contribution in [0.2, 0.25) is 0 Å². The zero-order valence-corrected chi connectivity index (χ0v) is 14.6. The van der Waals surface area contributed by atoms with Crippen LogP contribution in [0, 0.1) is 0 Å². The van der Waals surface area contributed by atoms with Crippen LogP contribution in [0.4, 0.5) is 5.82 Å². The van der Waals surface area contributed by atoms with Crippen molar-refractivity contribution in [3.05, 3.63) is 48.2 Å². The van der Waals surface area contributed by atoms with E-state index in [0.29, 0.717) is 37.4 Å². The van der Waals surface area contributed by atoms with Crippen LogP contribution in [0.5, 0.6) is 0 Å². The van der Waals surface area contributed by atoms with Gasteiger partial charge in [-0.05, 0) is 50.3 Å². The lowest BCUT2D eigenvalue weighted by Gasteiger charge is -2.26. The number of benzene rings is 1. The molecule has 2 aromatic rings. The second-order valence-electron chi connectivity index (χ2n) is 6.96. The molecular weight excluding hydrogens is 316 g/mol. The number of β-amino-alcohol motifs (C(OH)–C–C–N with tert-alkyl or cyclic N) is 1. The monoisotopic (exact) mass is 340 g/mol. The summed E-state index contributed by atoms with van der Waals surface area (Å²) in [4.78, 5) is 20.6. The molecule has 1 fully saturated rings. The number of likely N-dealkylation sites (tertiary alicyclic amines) is 1. The highest BCUT2D eigenvalue weighted by Crippen LogP contribution is 2.27. The highest BCUT2D eigenvalue weighted by Gasteiger charge is 2.38. The summed E-state index contributed by atoms with van der Waals surface area (Å²) in [7, 11) is 3.84. The average molecular weight is 340 g/mol. The number of likely N-dealkylation sites (N-methyl/N-ethyl adjacent to an activating group) is 1. The molecule has 0 saturated carbocycles. The predicted molar refractivity (Wildman–Crippen MR) is 98.1 cm³/mol. The quantitative estimate of drug-likeness (QED) is 0.881. The first-order valence-corrected chi connectivity index (χ1v) is 8.35. The number of carbonyl (C=O) groups is 1. The maximum atomic E-state index is 12.8. The SMILES string of the molecule is CN(C)C[C@@]1(O)CCN(C(=O)c2cccc(-c3cccnc3N)c2)C1. The molecule has 132 valence electrons. The van der Waals surface area contributed by atoms with Gasteiger partial charge in [-0.2, -0.15) is 0 Å². The van der Waals surface area contributed by atoms with Crippen LogP contribution >= 0.6 is 0 Å². The van der Waals surface area contributed by atoms with Gasteiger partial charge in [0.15, 0.2) is 0 Å². The molecule has 3 N–H and O–H groups in total. The summed E-state index contributed by atoms with van der Waals surface area (Å²) in [6.07, 6.45) is 2.23. The normalized spacial score (nSPS) is 20.2. The number of aliphatic hydroxyl groups is 1. The van der Waals surface area contributed by atoms with E-state index in [0.717, 1.165) is 11.1 Å². The van der Waals surface area contributed by atoms with Gasteiger partial charge in [0, 0.05) is 30.4 Å². The Morgan fingerprint density at radius 2 is 2.16 bits per heavy atom. The Morgan fingerprint density at radius 1 is 1.36 bits per heavy atom. The van der Waals surface area contributed by atoms with Crippen molar-refractivity contribution in [1.82, 2.24) is 14.8 Å². The standard InChI is InChI=1S/C19H24N4O2/c1-22(2)12-19(25)8-10-23(13-19)18(24)15-6-3-5-14(11-15)16-7-4-9-21-17(16)20/h3-7,9,11,25H,8,10,12-13H2,1-2H3,(H2,20,21)/t19-/m0/s1. The van der Waals surface area contributed by atoms with Crippen molar-refractivity contribution in [3.8, 4) is 11.1 Å². The molecule has 0 bridgehead atoms. The van der Waals surface area contributed by atoms with Gasteiger partial charge in [0.1, 0.15) is 5.82 Å². The molecule has 1 atom stereocenters. The fraction of sp³-hybridized carbons (Fsp3) is 0.368. The Morgan fingerprint density at radius 3 is 2.88 bits per heavy atom. The summed E-state index contributed by atoms with van der Waals surface area (Å²) in [5.41, 5.74) is 7.36. The smallest absolute Gasteiger partial charge is 0.253 e. The summed E-state index contributed by atoms with van der Waals surface area (Å²) in [6.45, 7) is 1.45. The first kappa shape index (κ1) is 17.4. The lowest BCUT2D eigenvalue weighted by Crippen LogP contribution is -2.43. The zero-order chi connectivity index (χ0) is 18.0. The van der Waals surface area contributed by atoms with Gasteiger partial charge in [-0.25, -0.2) is 4.98 Å². The number of pyridine rings is 1. The van der Waals surface area contributed by atoms with Crippen LogP contribution < -0.4 is 5.73 Å². The molecule has 2 heterocycles. The molecule has 6 heteroatoms. The third kappa shape index (κ3) is 3.81. The molecule has 0 unspecified atom stereocenters. The lowest BCUT2D eigenvalue weighted by molar-refractivity contribution is 0.0236. The van der Waals surface area contributed by atoms with Gasteiger partial charge in [-0.15, -0.1) is 0 Å². The van der Waals surface area contributed by atoms with Crippen LogP contribution in [0.15, 0.2) is 42.6 Å². The van der Waals surface area contributed by atoms with Crippen molar-refractivity contribution in [3.63, 3.8) is 0 Å². The number of hydrogen-bond donors (Lipinski definition) is 2. The number of aromatic nitrogens is 1. The largest absolute Gasteiger partial charge is 0.387 e. The van der Waals surface area contributed by atoms with Gasteiger partial charge in [0.25, 0.3) is 5.91 Å². The number of amides is 1. The van der Waals surface area contributed by atoms with Crippen molar-refractivity contribution in [2.75, 3.05) is 39.5 Å². The topological polar surface area (TPSA) is 82.7 Å². The van der Waals surface area contributed by atoms with Crippen molar-refractivity contribution in [2.24, 2.45) is 0 Å². The van der Waals surface area contributed by atoms with Gasteiger partial charge in [-0.3, -0.25) is 4.79 Å². The summed E-state index contributed by atoms with van der Waals surface area (Å²) < 4.78 is 0. The Bertz CT molecular complexity index is 778. The minimum absolute atomic E-state index is 0.0704. The van der Waals surface area contributed by atoms with Gasteiger partial charge < -0.3 is 20.6 Å². The van der Waals surface area contributed by atoms with Crippen molar-refractivity contribution >= 4 is 11.7 Å². The molecule has 1 aromatic carbocycles. The van der Waals surface area contributed by atoms with Crippen LogP contribution in [0.3, 0.4) is 0 Å². The second kappa shape index (κ2) is 6.82. The minimum atomic E-state index is -0.843. The molecule has 1 aliphatic heterocycles. The molecule has 1 aromatic heterocycles. The summed E-state index contributed by atoms with van der Waals surface area (Å²) >= 11 is 0. The van der Waals surface area contributed by atoms with Gasteiger partial charge in [0.05, 0.1) is 12.1 Å². The molecule has 3 rings (SSSR count). The Kier molecular flexibility index (Phi) is 4.74. The Labute approximate surface area is 147 Å². The molecular formula is C19H24N4O2. The van der Waals surface area contributed by atoms with Gasteiger partial charge >= 0.3 is 0 Å². The zero-order valence-electron chi connectivity index (χ0n) is 14.6. The second-order valence-corrected chi connectivity index (χ2v) is 6.96. The Balaban J connectivity index is 1.80. The highest BCUT2D eigenvalue weighted by atomic mass is 16.3. The van der Waals surface area contributed by atoms with E-state index >= 15 is 0 Å². The third-order valence-electron chi connectivity index (χ3n) is 4.49. The van der Waals surface area contributed by atoms with Crippen molar-refractivity contribution < 1.29 is 9.90 Å². The fourth-order valence-electron chi connectivity index (χ4n) is 3.41. The van der Waals surface area contributed by atoms with E-state index in [9.17, 15) is 9.90 Å². The van der Waals surface area contributed by atoms with E-state index in [2.05, 4.69) is 4.98 Å². The van der Waals surface area contributed by atoms with E-state index in [1.807, 2.05) is 49.3 Å². The predicted octanol–water partition coefficient (Wildman–Crippen LogP) is 1.47. The summed E-state index contributed by atoms with van der Waals surface area (Å²) in [5, 5.41) is 10.6. The first-order chi connectivity index (χ1) is 11.9. The Hall–Kier alpha value is -2.44. The number of nitrogens with zero attached hydrogens (tertiary/aromatic N) is 3.